The molecule has 0 N–H and O–H groups in total. The van der Waals surface area contributed by atoms with Crippen molar-refractivity contribution < 1.29 is 4.74 Å². The van der Waals surface area contributed by atoms with Crippen LogP contribution in [0.1, 0.15) is 26.5 Å². The normalized spacial score (nSPS) is 11.9. The lowest BCUT2D eigenvalue weighted by atomic mass is 10.0. The third-order valence-electron chi connectivity index (χ3n) is 3.26. The van der Waals surface area contributed by atoms with E-state index in [0.29, 0.717) is 6.61 Å². The molecule has 0 atom stereocenters. The lowest BCUT2D eigenvalue weighted by molar-refractivity contribution is -0.00307. The third-order valence-corrected chi connectivity index (χ3v) is 3.26. The quantitative estimate of drug-likeness (QED) is 0.727. The summed E-state index contributed by atoms with van der Waals surface area (Å²) in [6.45, 7) is 10.6. The number of hydrogen-bond donors (Lipinski definition) is 0. The van der Waals surface area contributed by atoms with Crippen LogP contribution in [0.15, 0.2) is 48.7 Å². The monoisotopic (exact) mass is 229 g/mol. The molecule has 90 valence electrons. The summed E-state index contributed by atoms with van der Waals surface area (Å²) < 4.78 is 8.07. The molecule has 2 rings (SSSR count). The number of fused-ring (bicyclic) bond motifs is 1. The maximum absolute atomic E-state index is 5.92. The number of nitrogens with zero attached hydrogens (tertiary/aromatic N) is 1. The third kappa shape index (κ3) is 2.42. The van der Waals surface area contributed by atoms with E-state index in [1.54, 1.807) is 0 Å². The Morgan fingerprint density at radius 3 is 2.76 bits per heavy atom. The highest BCUT2D eigenvalue weighted by atomic mass is 16.5. The van der Waals surface area contributed by atoms with Gasteiger partial charge in [0.2, 0.25) is 0 Å². The van der Waals surface area contributed by atoms with Crippen LogP contribution in [0.3, 0.4) is 0 Å². The van der Waals surface area contributed by atoms with E-state index in [1.807, 2.05) is 32.9 Å². The van der Waals surface area contributed by atoms with Crippen LogP contribution in [0.4, 0.5) is 0 Å². The predicted molar refractivity (Wildman–Crippen MR) is 71.1 cm³/mol. The molecule has 0 unspecified atom stereocenters. The fourth-order valence-corrected chi connectivity index (χ4v) is 1.61. The molecule has 0 aliphatic heterocycles. The van der Waals surface area contributed by atoms with Crippen LogP contribution in [0.5, 0.6) is 0 Å². The summed E-state index contributed by atoms with van der Waals surface area (Å²) in [6, 6.07) is 10.4. The summed E-state index contributed by atoms with van der Waals surface area (Å²) in [5, 5.41) is 0. The van der Waals surface area contributed by atoms with Crippen LogP contribution in [0.2, 0.25) is 0 Å². The van der Waals surface area contributed by atoms with Gasteiger partial charge in [0.15, 0.2) is 0 Å². The Kier molecular flexibility index (Phi) is 3.07. The molecular weight excluding hydrogens is 210 g/mol. The molecular formula is C15H19NO. The van der Waals surface area contributed by atoms with Crippen LogP contribution in [-0.2, 0) is 11.3 Å². The Hall–Kier alpha value is -1.54. The molecule has 2 heteroatoms. The van der Waals surface area contributed by atoms with Gasteiger partial charge in [-0.25, -0.2) is 0 Å². The van der Waals surface area contributed by atoms with Gasteiger partial charge in [-0.3, -0.25) is 0 Å². The number of ether oxygens (including phenoxy) is 1. The zero-order chi connectivity index (χ0) is 12.5. The fraction of sp³-hybridized carbons (Fsp3) is 0.333. The standard InChI is InChI=1S/C15H19NO/c1-12(2)15(3,4)17-11-14-9-8-13-7-5-6-10-16(13)14/h5-10H,1,11H2,2-4H3. The largest absolute Gasteiger partial charge is 0.365 e. The van der Waals surface area contributed by atoms with Gasteiger partial charge in [-0.05, 0) is 50.6 Å². The first-order chi connectivity index (χ1) is 8.00. The van der Waals surface area contributed by atoms with Gasteiger partial charge in [0, 0.05) is 17.4 Å². The fourth-order valence-electron chi connectivity index (χ4n) is 1.61. The van der Waals surface area contributed by atoms with Crippen molar-refractivity contribution in [2.45, 2.75) is 33.0 Å². The second-order valence-electron chi connectivity index (χ2n) is 4.90. The molecule has 17 heavy (non-hydrogen) atoms. The van der Waals surface area contributed by atoms with Crippen molar-refractivity contribution in [3.8, 4) is 0 Å². The van der Waals surface area contributed by atoms with Crippen molar-refractivity contribution in [2.24, 2.45) is 0 Å². The van der Waals surface area contributed by atoms with Gasteiger partial charge in [0.25, 0.3) is 0 Å². The van der Waals surface area contributed by atoms with Crippen LogP contribution < -0.4 is 0 Å². The van der Waals surface area contributed by atoms with Gasteiger partial charge in [-0.2, -0.15) is 0 Å². The van der Waals surface area contributed by atoms with Gasteiger partial charge in [-0.1, -0.05) is 12.6 Å². The first-order valence-corrected chi connectivity index (χ1v) is 5.85. The second kappa shape index (κ2) is 4.38. The topological polar surface area (TPSA) is 13.6 Å². The summed E-state index contributed by atoms with van der Waals surface area (Å²) in [7, 11) is 0. The van der Waals surface area contributed by atoms with E-state index in [2.05, 4.69) is 35.4 Å². The van der Waals surface area contributed by atoms with Gasteiger partial charge < -0.3 is 9.14 Å². The minimum absolute atomic E-state index is 0.279. The van der Waals surface area contributed by atoms with Crippen molar-refractivity contribution in [2.75, 3.05) is 0 Å². The molecule has 0 fully saturated rings. The van der Waals surface area contributed by atoms with E-state index in [4.69, 9.17) is 4.74 Å². The highest BCUT2D eigenvalue weighted by Gasteiger charge is 2.19. The van der Waals surface area contributed by atoms with Crippen molar-refractivity contribution in [1.82, 2.24) is 4.40 Å². The molecule has 2 heterocycles. The second-order valence-corrected chi connectivity index (χ2v) is 4.90. The van der Waals surface area contributed by atoms with Crippen LogP contribution in [-0.4, -0.2) is 10.0 Å². The average Bonchev–Trinajstić information content (AvgIpc) is 2.69. The molecule has 2 aromatic rings. The van der Waals surface area contributed by atoms with E-state index >= 15 is 0 Å². The summed E-state index contributed by atoms with van der Waals surface area (Å²) in [5.74, 6) is 0. The van der Waals surface area contributed by atoms with Crippen molar-refractivity contribution in [1.29, 1.82) is 0 Å². The van der Waals surface area contributed by atoms with Crippen LogP contribution >= 0.6 is 0 Å². The predicted octanol–water partition coefficient (Wildman–Crippen LogP) is 3.81. The summed E-state index contributed by atoms with van der Waals surface area (Å²) in [6.07, 6.45) is 2.06. The molecule has 0 amide bonds. The zero-order valence-corrected chi connectivity index (χ0v) is 10.7. The minimum Gasteiger partial charge on any atom is -0.365 e. The van der Waals surface area contributed by atoms with Gasteiger partial charge in [-0.15, -0.1) is 0 Å². The maximum atomic E-state index is 5.92. The minimum atomic E-state index is -0.279. The molecule has 0 spiro atoms. The summed E-state index contributed by atoms with van der Waals surface area (Å²) >= 11 is 0. The van der Waals surface area contributed by atoms with Gasteiger partial charge >= 0.3 is 0 Å². The average molecular weight is 229 g/mol. The number of pyridine rings is 1. The molecule has 0 aliphatic rings. The SMILES string of the molecule is C=C(C)C(C)(C)OCc1ccc2ccccn12. The smallest absolute Gasteiger partial charge is 0.0883 e. The molecule has 0 saturated carbocycles. The van der Waals surface area contributed by atoms with Crippen molar-refractivity contribution in [3.05, 3.63) is 54.4 Å². The number of hydrogen-bond acceptors (Lipinski definition) is 1. The Morgan fingerprint density at radius 1 is 1.29 bits per heavy atom. The van der Waals surface area contributed by atoms with E-state index < -0.39 is 0 Å². The lowest BCUT2D eigenvalue weighted by Gasteiger charge is -2.25. The highest BCUT2D eigenvalue weighted by molar-refractivity contribution is 5.49. The Morgan fingerprint density at radius 2 is 2.06 bits per heavy atom. The van der Waals surface area contributed by atoms with Gasteiger partial charge in [0.05, 0.1) is 12.2 Å². The molecule has 2 nitrogen and oxygen atoms in total. The number of aromatic nitrogens is 1. The summed E-state index contributed by atoms with van der Waals surface area (Å²) in [4.78, 5) is 0. The van der Waals surface area contributed by atoms with Crippen LogP contribution in [0, 0.1) is 0 Å². The Bertz CT molecular complexity index is 537. The van der Waals surface area contributed by atoms with E-state index in [0.717, 1.165) is 11.3 Å². The lowest BCUT2D eigenvalue weighted by Crippen LogP contribution is -2.25. The molecule has 0 aliphatic carbocycles. The van der Waals surface area contributed by atoms with E-state index in [9.17, 15) is 0 Å². The van der Waals surface area contributed by atoms with E-state index in [-0.39, 0.29) is 5.60 Å². The highest BCUT2D eigenvalue weighted by Crippen LogP contribution is 2.21. The maximum Gasteiger partial charge on any atom is 0.0883 e. The zero-order valence-electron chi connectivity index (χ0n) is 10.7. The number of rotatable bonds is 4. The van der Waals surface area contributed by atoms with Crippen molar-refractivity contribution in [3.63, 3.8) is 0 Å². The molecule has 0 radical (unpaired) electrons. The van der Waals surface area contributed by atoms with Crippen LogP contribution in [0.25, 0.3) is 5.52 Å². The van der Waals surface area contributed by atoms with E-state index in [1.165, 1.54) is 5.52 Å². The molecule has 0 bridgehead atoms. The first kappa shape index (κ1) is 11.9. The van der Waals surface area contributed by atoms with Crippen molar-refractivity contribution >= 4 is 5.52 Å². The van der Waals surface area contributed by atoms with Gasteiger partial charge in [0.1, 0.15) is 0 Å². The molecule has 0 saturated heterocycles. The Labute approximate surface area is 103 Å². The summed E-state index contributed by atoms with van der Waals surface area (Å²) in [5.41, 5.74) is 3.12. The first-order valence-electron chi connectivity index (χ1n) is 5.85. The molecule has 0 aromatic carbocycles. The molecule has 2 aromatic heterocycles. The Balaban J connectivity index is 2.17.